The molecule has 1 amide bonds. The summed E-state index contributed by atoms with van der Waals surface area (Å²) in [5, 5.41) is 3.34. The molecule has 1 atom stereocenters. The van der Waals surface area contributed by atoms with Crippen LogP contribution in [0.3, 0.4) is 0 Å². The van der Waals surface area contributed by atoms with Crippen molar-refractivity contribution in [3.8, 4) is 0 Å². The van der Waals surface area contributed by atoms with E-state index in [1.165, 1.54) is 7.05 Å². The predicted octanol–water partition coefficient (Wildman–Crippen LogP) is 1.48. The molecule has 1 aromatic carbocycles. The normalized spacial score (nSPS) is 19.7. The Hall–Kier alpha value is -1.06. The minimum absolute atomic E-state index is 0. The lowest BCUT2D eigenvalue weighted by Gasteiger charge is -2.37. The summed E-state index contributed by atoms with van der Waals surface area (Å²) < 4.78 is 26.9. The molecule has 1 unspecified atom stereocenters. The van der Waals surface area contributed by atoms with Crippen LogP contribution >= 0.6 is 24.8 Å². The third-order valence-corrected chi connectivity index (χ3v) is 6.79. The molecule has 2 N–H and O–H groups in total. The van der Waals surface area contributed by atoms with E-state index in [1.54, 1.807) is 12.1 Å². The molecule has 160 valence electrons. The van der Waals surface area contributed by atoms with Gasteiger partial charge in [0, 0.05) is 32.6 Å². The topological polar surface area (TPSA) is 81.8 Å². The van der Waals surface area contributed by atoms with Crippen LogP contribution in [-0.2, 0) is 14.8 Å². The molecule has 3 rings (SSSR count). The number of halogens is 2. The first-order chi connectivity index (χ1) is 12.5. The second kappa shape index (κ2) is 11.2. The molecular weight excluding hydrogens is 423 g/mol. The number of anilines is 1. The molecule has 0 saturated carbocycles. The van der Waals surface area contributed by atoms with Gasteiger partial charge in [-0.2, -0.15) is 0 Å². The van der Waals surface area contributed by atoms with Crippen LogP contribution in [-0.4, -0.2) is 65.5 Å². The molecule has 28 heavy (non-hydrogen) atoms. The molecule has 1 aromatic rings. The summed E-state index contributed by atoms with van der Waals surface area (Å²) in [6.45, 7) is 4.65. The maximum atomic E-state index is 12.5. The smallest absolute Gasteiger partial charge is 0.242 e. The van der Waals surface area contributed by atoms with Crippen molar-refractivity contribution in [3.05, 3.63) is 24.3 Å². The lowest BCUT2D eigenvalue weighted by atomic mass is 10.0. The van der Waals surface area contributed by atoms with Crippen molar-refractivity contribution >= 4 is 46.4 Å². The molecule has 0 aromatic heterocycles. The summed E-state index contributed by atoms with van der Waals surface area (Å²) in [5.74, 6) is 0.839. The van der Waals surface area contributed by atoms with Gasteiger partial charge < -0.3 is 15.1 Å². The molecule has 0 spiro atoms. The fourth-order valence-electron chi connectivity index (χ4n) is 3.70. The minimum Gasteiger partial charge on any atom is -0.367 e. The highest BCUT2D eigenvalue weighted by molar-refractivity contribution is 7.89. The lowest BCUT2D eigenvalue weighted by molar-refractivity contribution is -0.131. The number of sulfonamides is 1. The lowest BCUT2D eigenvalue weighted by Crippen LogP contribution is -2.49. The zero-order chi connectivity index (χ0) is 18.6. The van der Waals surface area contributed by atoms with Crippen molar-refractivity contribution in [2.45, 2.75) is 24.2 Å². The Balaban J connectivity index is 0.00000196. The van der Waals surface area contributed by atoms with E-state index in [-0.39, 0.29) is 35.6 Å². The molecule has 0 bridgehead atoms. The Morgan fingerprint density at radius 2 is 1.86 bits per heavy atom. The molecule has 2 fully saturated rings. The van der Waals surface area contributed by atoms with E-state index in [9.17, 15) is 13.2 Å². The van der Waals surface area contributed by atoms with Crippen molar-refractivity contribution in [1.82, 2.24) is 14.9 Å². The number of amides is 1. The number of nitrogens with one attached hydrogen (secondary N) is 2. The van der Waals surface area contributed by atoms with Gasteiger partial charge in [-0.25, -0.2) is 13.1 Å². The number of hydrogen-bond acceptors (Lipinski definition) is 5. The quantitative estimate of drug-likeness (QED) is 0.682. The number of nitrogens with zero attached hydrogens (tertiary/aromatic N) is 2. The van der Waals surface area contributed by atoms with Gasteiger partial charge in [0.05, 0.1) is 5.69 Å². The monoisotopic (exact) mass is 452 g/mol. The average molecular weight is 453 g/mol. The van der Waals surface area contributed by atoms with Crippen LogP contribution < -0.4 is 14.9 Å². The van der Waals surface area contributed by atoms with Gasteiger partial charge in [0.1, 0.15) is 4.90 Å². The van der Waals surface area contributed by atoms with Gasteiger partial charge in [-0.1, -0.05) is 12.1 Å². The summed E-state index contributed by atoms with van der Waals surface area (Å²) in [4.78, 5) is 16.7. The van der Waals surface area contributed by atoms with Gasteiger partial charge in [-0.05, 0) is 51.0 Å². The second-order valence-electron chi connectivity index (χ2n) is 6.94. The zero-order valence-electron chi connectivity index (χ0n) is 16.1. The molecule has 7 nitrogen and oxygen atoms in total. The van der Waals surface area contributed by atoms with E-state index in [0.29, 0.717) is 44.2 Å². The van der Waals surface area contributed by atoms with E-state index in [1.807, 2.05) is 17.0 Å². The fraction of sp³-hybridized carbons (Fsp3) is 0.611. The predicted molar refractivity (Wildman–Crippen MR) is 116 cm³/mol. The Kier molecular flexibility index (Phi) is 10.00. The van der Waals surface area contributed by atoms with Gasteiger partial charge in [0.25, 0.3) is 0 Å². The second-order valence-corrected chi connectivity index (χ2v) is 8.80. The number of benzene rings is 1. The maximum absolute atomic E-state index is 12.5. The Morgan fingerprint density at radius 3 is 2.46 bits per heavy atom. The third-order valence-electron chi connectivity index (χ3n) is 5.33. The first-order valence-electron chi connectivity index (χ1n) is 9.27. The summed E-state index contributed by atoms with van der Waals surface area (Å²) in [5.41, 5.74) is 0.700. The number of piperazine rings is 1. The van der Waals surface area contributed by atoms with E-state index in [2.05, 4.69) is 14.9 Å². The van der Waals surface area contributed by atoms with Crippen molar-refractivity contribution in [1.29, 1.82) is 0 Å². The van der Waals surface area contributed by atoms with Crippen molar-refractivity contribution < 1.29 is 13.2 Å². The number of carbonyl (C=O) groups excluding carboxylic acids is 1. The van der Waals surface area contributed by atoms with Gasteiger partial charge in [-0.3, -0.25) is 4.79 Å². The summed E-state index contributed by atoms with van der Waals surface area (Å²) >= 11 is 0. The summed E-state index contributed by atoms with van der Waals surface area (Å²) in [6.07, 6.45) is 2.73. The first-order valence-corrected chi connectivity index (χ1v) is 10.8. The largest absolute Gasteiger partial charge is 0.367 e. The van der Waals surface area contributed by atoms with Gasteiger partial charge >= 0.3 is 0 Å². The Morgan fingerprint density at radius 1 is 1.18 bits per heavy atom. The molecule has 2 saturated heterocycles. The van der Waals surface area contributed by atoms with E-state index in [0.717, 1.165) is 25.9 Å². The van der Waals surface area contributed by atoms with Gasteiger partial charge in [0.2, 0.25) is 15.9 Å². The number of para-hydroxylation sites is 1. The number of hydrogen-bond donors (Lipinski definition) is 2. The Labute approximate surface area is 180 Å². The standard InChI is InChI=1S/C18H28N4O3S.2ClH/c1-19-26(24,25)17-5-3-2-4-16(17)21-10-12-22(13-11-21)18(23)7-6-15-8-9-20-14-15;;/h2-5,15,19-20H,6-14H2,1H3;2*1H. The molecule has 0 aliphatic carbocycles. The summed E-state index contributed by atoms with van der Waals surface area (Å²) in [7, 11) is -2.09. The van der Waals surface area contributed by atoms with Crippen LogP contribution in [0.4, 0.5) is 5.69 Å². The summed E-state index contributed by atoms with van der Waals surface area (Å²) in [6, 6.07) is 7.02. The highest BCUT2D eigenvalue weighted by atomic mass is 35.5. The van der Waals surface area contributed by atoms with Crippen molar-refractivity contribution in [2.75, 3.05) is 51.2 Å². The van der Waals surface area contributed by atoms with E-state index >= 15 is 0 Å². The molecule has 0 radical (unpaired) electrons. The van der Waals surface area contributed by atoms with Gasteiger partial charge in [-0.15, -0.1) is 24.8 Å². The molecule has 2 aliphatic rings. The SMILES string of the molecule is CNS(=O)(=O)c1ccccc1N1CCN(C(=O)CCC2CCNC2)CC1.Cl.Cl. The average Bonchev–Trinajstić information content (AvgIpc) is 3.20. The number of rotatable bonds is 6. The molecule has 2 heterocycles. The maximum Gasteiger partial charge on any atom is 0.242 e. The van der Waals surface area contributed by atoms with Crippen molar-refractivity contribution in [2.24, 2.45) is 5.92 Å². The fourth-order valence-corrected chi connectivity index (χ4v) is 4.65. The van der Waals surface area contributed by atoms with Crippen LogP contribution in [0.1, 0.15) is 19.3 Å². The van der Waals surface area contributed by atoms with E-state index in [4.69, 9.17) is 0 Å². The van der Waals surface area contributed by atoms with Crippen LogP contribution in [0.25, 0.3) is 0 Å². The Bertz CT molecular complexity index is 734. The van der Waals surface area contributed by atoms with Crippen LogP contribution in [0, 0.1) is 5.92 Å². The molecular formula is C18H30Cl2N4O3S. The first kappa shape index (κ1) is 25.0. The highest BCUT2D eigenvalue weighted by Gasteiger charge is 2.26. The van der Waals surface area contributed by atoms with Gasteiger partial charge in [0.15, 0.2) is 0 Å². The third kappa shape index (κ3) is 5.97. The number of carbonyl (C=O) groups is 1. The zero-order valence-corrected chi connectivity index (χ0v) is 18.5. The van der Waals surface area contributed by atoms with Crippen LogP contribution in [0.5, 0.6) is 0 Å². The van der Waals surface area contributed by atoms with Crippen molar-refractivity contribution in [3.63, 3.8) is 0 Å². The molecule has 2 aliphatic heterocycles. The van der Waals surface area contributed by atoms with Crippen LogP contribution in [0.2, 0.25) is 0 Å². The molecule has 10 heteroatoms. The highest BCUT2D eigenvalue weighted by Crippen LogP contribution is 2.26. The van der Waals surface area contributed by atoms with Crippen LogP contribution in [0.15, 0.2) is 29.2 Å². The van der Waals surface area contributed by atoms with E-state index < -0.39 is 10.0 Å². The minimum atomic E-state index is -3.50.